The van der Waals surface area contributed by atoms with E-state index in [0.29, 0.717) is 0 Å². The van der Waals surface area contributed by atoms with E-state index in [-0.39, 0.29) is 6.04 Å². The van der Waals surface area contributed by atoms with E-state index in [2.05, 4.69) is 52.5 Å². The molecule has 1 atom stereocenters. The zero-order valence-corrected chi connectivity index (χ0v) is 12.9. The summed E-state index contributed by atoms with van der Waals surface area (Å²) in [5, 5.41) is 0. The third-order valence-corrected chi connectivity index (χ3v) is 4.44. The summed E-state index contributed by atoms with van der Waals surface area (Å²) in [4.78, 5) is 4.71. The maximum absolute atomic E-state index is 6.05. The van der Waals surface area contributed by atoms with Crippen LogP contribution in [-0.2, 0) is 13.0 Å². The van der Waals surface area contributed by atoms with Crippen LogP contribution in [0.25, 0.3) is 11.3 Å². The average Bonchev–Trinajstić information content (AvgIpc) is 2.66. The van der Waals surface area contributed by atoms with Gasteiger partial charge in [0.15, 0.2) is 4.73 Å². The van der Waals surface area contributed by atoms with Crippen molar-refractivity contribution in [2.24, 2.45) is 5.73 Å². The maximum Gasteiger partial charge on any atom is 0.177 e. The molecule has 1 unspecified atom stereocenters. The van der Waals surface area contributed by atoms with Gasteiger partial charge in [-0.1, -0.05) is 23.8 Å². The number of nitrogens with two attached hydrogens (primary N) is 1. The SMILES string of the molecule is Cc1ccc(-c2nc(Br)n3c2CCC(N)C3)c(C)c1. The van der Waals surface area contributed by atoms with Crippen molar-refractivity contribution >= 4 is 15.9 Å². The molecule has 0 spiro atoms. The van der Waals surface area contributed by atoms with E-state index >= 15 is 0 Å². The van der Waals surface area contributed by atoms with Crippen molar-refractivity contribution in [2.75, 3.05) is 0 Å². The average molecular weight is 320 g/mol. The van der Waals surface area contributed by atoms with Crippen molar-refractivity contribution in [2.45, 2.75) is 39.3 Å². The Balaban J connectivity index is 2.14. The number of hydrogen-bond donors (Lipinski definition) is 1. The molecule has 1 aromatic carbocycles. The molecule has 1 aromatic heterocycles. The molecular weight excluding hydrogens is 302 g/mol. The number of aryl methyl sites for hydroxylation is 2. The zero-order valence-electron chi connectivity index (χ0n) is 11.3. The molecule has 0 amide bonds. The van der Waals surface area contributed by atoms with Gasteiger partial charge in [-0.05, 0) is 48.2 Å². The second-order valence-electron chi connectivity index (χ2n) is 5.40. The third-order valence-electron chi connectivity index (χ3n) is 3.83. The van der Waals surface area contributed by atoms with Crippen LogP contribution in [0.5, 0.6) is 0 Å². The van der Waals surface area contributed by atoms with Crippen LogP contribution in [0.2, 0.25) is 0 Å². The first-order valence-corrected chi connectivity index (χ1v) is 7.43. The molecule has 0 saturated carbocycles. The summed E-state index contributed by atoms with van der Waals surface area (Å²) in [6.07, 6.45) is 2.04. The Hall–Kier alpha value is -1.13. The van der Waals surface area contributed by atoms with Crippen molar-refractivity contribution in [1.82, 2.24) is 9.55 Å². The van der Waals surface area contributed by atoms with E-state index in [9.17, 15) is 0 Å². The summed E-state index contributed by atoms with van der Waals surface area (Å²) in [7, 11) is 0. The molecule has 2 heterocycles. The van der Waals surface area contributed by atoms with Crippen LogP contribution in [0.4, 0.5) is 0 Å². The van der Waals surface area contributed by atoms with E-state index in [4.69, 9.17) is 10.7 Å². The Morgan fingerprint density at radius 1 is 1.37 bits per heavy atom. The topological polar surface area (TPSA) is 43.8 Å². The van der Waals surface area contributed by atoms with Crippen molar-refractivity contribution in [1.29, 1.82) is 0 Å². The zero-order chi connectivity index (χ0) is 13.6. The van der Waals surface area contributed by atoms with Crippen LogP contribution >= 0.6 is 15.9 Å². The summed E-state index contributed by atoms with van der Waals surface area (Å²) < 4.78 is 3.11. The van der Waals surface area contributed by atoms with Gasteiger partial charge in [0, 0.05) is 23.8 Å². The molecule has 0 saturated heterocycles. The fraction of sp³-hybridized carbons (Fsp3) is 0.400. The van der Waals surface area contributed by atoms with E-state index in [1.54, 1.807) is 0 Å². The van der Waals surface area contributed by atoms with Gasteiger partial charge in [-0.15, -0.1) is 0 Å². The normalized spacial score (nSPS) is 18.4. The van der Waals surface area contributed by atoms with Gasteiger partial charge in [0.1, 0.15) is 0 Å². The lowest BCUT2D eigenvalue weighted by Crippen LogP contribution is -2.31. The Morgan fingerprint density at radius 2 is 2.16 bits per heavy atom. The molecule has 3 nitrogen and oxygen atoms in total. The first kappa shape index (κ1) is 12.9. The monoisotopic (exact) mass is 319 g/mol. The van der Waals surface area contributed by atoms with Crippen LogP contribution in [-0.4, -0.2) is 15.6 Å². The Kier molecular flexibility index (Phi) is 3.23. The maximum atomic E-state index is 6.05. The van der Waals surface area contributed by atoms with Gasteiger partial charge in [0.25, 0.3) is 0 Å². The minimum absolute atomic E-state index is 0.241. The lowest BCUT2D eigenvalue weighted by molar-refractivity contribution is 0.455. The summed E-state index contributed by atoms with van der Waals surface area (Å²) >= 11 is 3.56. The predicted octanol–water partition coefficient (Wildman–Crippen LogP) is 3.20. The number of fused-ring (bicyclic) bond motifs is 1. The minimum Gasteiger partial charge on any atom is -0.326 e. The lowest BCUT2D eigenvalue weighted by atomic mass is 9.98. The number of imidazole rings is 1. The molecule has 100 valence electrons. The third kappa shape index (κ3) is 2.23. The van der Waals surface area contributed by atoms with Gasteiger partial charge in [-0.2, -0.15) is 0 Å². The van der Waals surface area contributed by atoms with Crippen molar-refractivity contribution in [3.8, 4) is 11.3 Å². The van der Waals surface area contributed by atoms with Gasteiger partial charge in [-0.3, -0.25) is 0 Å². The van der Waals surface area contributed by atoms with Crippen LogP contribution < -0.4 is 5.73 Å². The number of nitrogens with zero attached hydrogens (tertiary/aromatic N) is 2. The fourth-order valence-corrected chi connectivity index (χ4v) is 3.37. The van der Waals surface area contributed by atoms with E-state index in [0.717, 1.165) is 29.8 Å². The molecule has 2 N–H and O–H groups in total. The van der Waals surface area contributed by atoms with E-state index in [1.165, 1.54) is 22.4 Å². The first-order chi connectivity index (χ1) is 9.06. The minimum atomic E-state index is 0.241. The number of halogens is 1. The summed E-state index contributed by atoms with van der Waals surface area (Å²) in [5.41, 5.74) is 12.3. The number of aromatic nitrogens is 2. The van der Waals surface area contributed by atoms with Crippen LogP contribution in [0.1, 0.15) is 23.2 Å². The predicted molar refractivity (Wildman–Crippen MR) is 81.1 cm³/mol. The molecule has 0 fully saturated rings. The van der Waals surface area contributed by atoms with E-state index in [1.807, 2.05) is 0 Å². The summed E-state index contributed by atoms with van der Waals surface area (Å²) in [6, 6.07) is 6.78. The molecule has 4 heteroatoms. The molecular formula is C15H18BrN3. The van der Waals surface area contributed by atoms with Crippen LogP contribution in [0, 0.1) is 13.8 Å². The van der Waals surface area contributed by atoms with Crippen LogP contribution in [0.15, 0.2) is 22.9 Å². The van der Waals surface area contributed by atoms with Gasteiger partial charge in [0.05, 0.1) is 5.69 Å². The second-order valence-corrected chi connectivity index (χ2v) is 6.11. The highest BCUT2D eigenvalue weighted by atomic mass is 79.9. The molecule has 1 aliphatic rings. The molecule has 0 aliphatic carbocycles. The van der Waals surface area contributed by atoms with Crippen LogP contribution in [0.3, 0.4) is 0 Å². The molecule has 3 rings (SSSR count). The Morgan fingerprint density at radius 3 is 2.89 bits per heavy atom. The van der Waals surface area contributed by atoms with Gasteiger partial charge in [-0.25, -0.2) is 4.98 Å². The van der Waals surface area contributed by atoms with Crippen molar-refractivity contribution in [3.63, 3.8) is 0 Å². The first-order valence-electron chi connectivity index (χ1n) is 6.64. The quantitative estimate of drug-likeness (QED) is 0.877. The molecule has 0 bridgehead atoms. The Bertz CT molecular complexity index is 631. The number of rotatable bonds is 1. The highest BCUT2D eigenvalue weighted by molar-refractivity contribution is 9.10. The standard InChI is InChI=1S/C15H18BrN3/c1-9-3-5-12(10(2)7-9)14-13-6-4-11(17)8-19(13)15(16)18-14/h3,5,7,11H,4,6,8,17H2,1-2H3. The highest BCUT2D eigenvalue weighted by Gasteiger charge is 2.23. The van der Waals surface area contributed by atoms with Gasteiger partial charge in [0.2, 0.25) is 0 Å². The molecule has 1 aliphatic heterocycles. The molecule has 2 aromatic rings. The van der Waals surface area contributed by atoms with Crippen molar-refractivity contribution < 1.29 is 0 Å². The number of benzene rings is 1. The largest absolute Gasteiger partial charge is 0.326 e. The fourth-order valence-electron chi connectivity index (χ4n) is 2.84. The lowest BCUT2D eigenvalue weighted by Gasteiger charge is -2.22. The van der Waals surface area contributed by atoms with Gasteiger partial charge >= 0.3 is 0 Å². The van der Waals surface area contributed by atoms with E-state index < -0.39 is 0 Å². The second kappa shape index (κ2) is 4.76. The molecule has 0 radical (unpaired) electrons. The smallest absolute Gasteiger partial charge is 0.177 e. The molecule has 19 heavy (non-hydrogen) atoms. The summed E-state index contributed by atoms with van der Waals surface area (Å²) in [5.74, 6) is 0. The highest BCUT2D eigenvalue weighted by Crippen LogP contribution is 2.32. The Labute approximate surface area is 122 Å². The number of hydrogen-bond acceptors (Lipinski definition) is 2. The summed E-state index contributed by atoms with van der Waals surface area (Å²) in [6.45, 7) is 5.12. The van der Waals surface area contributed by atoms with Gasteiger partial charge < -0.3 is 10.3 Å². The van der Waals surface area contributed by atoms with Crippen molar-refractivity contribution in [3.05, 3.63) is 39.8 Å².